The van der Waals surface area contributed by atoms with E-state index in [9.17, 15) is 0 Å². The van der Waals surface area contributed by atoms with Crippen molar-refractivity contribution in [2.75, 3.05) is 9.80 Å². The van der Waals surface area contributed by atoms with Crippen molar-refractivity contribution in [3.8, 4) is 11.1 Å². The zero-order chi connectivity index (χ0) is 41.2. The lowest BCUT2D eigenvalue weighted by Crippen LogP contribution is -2.61. The quantitative estimate of drug-likeness (QED) is 0.167. The SMILES string of the molecule is Cc1cc2c3c(c1)N(c1ccc(C(C)(C)C)cc1)c1ccc(C(C)(C)C)cc1B3c1cc(C(C)(C)C)ccc1N2c1ccc(-c2ccc3c(c2)oc2ccccc23)cc1. The molecule has 10 rings (SSSR count). The number of hydrogen-bond donors (Lipinski definition) is 0. The molecule has 0 atom stereocenters. The lowest BCUT2D eigenvalue weighted by atomic mass is 9.33. The third-order valence-electron chi connectivity index (χ3n) is 12.8. The maximum absolute atomic E-state index is 6.29. The molecule has 0 N–H and O–H groups in total. The van der Waals surface area contributed by atoms with Crippen LogP contribution in [-0.4, -0.2) is 6.71 Å². The van der Waals surface area contributed by atoms with Crippen LogP contribution >= 0.6 is 0 Å². The molecule has 3 heterocycles. The number of nitrogens with zero attached hydrogens (tertiary/aromatic N) is 2. The first kappa shape index (κ1) is 37.3. The van der Waals surface area contributed by atoms with Gasteiger partial charge in [-0.15, -0.1) is 0 Å². The molecule has 7 aromatic carbocycles. The van der Waals surface area contributed by atoms with E-state index in [1.807, 2.05) is 12.1 Å². The van der Waals surface area contributed by atoms with Gasteiger partial charge in [-0.05, 0) is 140 Å². The van der Waals surface area contributed by atoms with E-state index in [1.54, 1.807) is 0 Å². The van der Waals surface area contributed by atoms with Crippen LogP contribution in [0.2, 0.25) is 0 Å². The second kappa shape index (κ2) is 13.0. The van der Waals surface area contributed by atoms with Crippen LogP contribution in [0.15, 0.2) is 144 Å². The van der Waals surface area contributed by atoms with Crippen LogP contribution < -0.4 is 26.2 Å². The Bertz CT molecular complexity index is 2950. The van der Waals surface area contributed by atoms with E-state index in [4.69, 9.17) is 4.42 Å². The third kappa shape index (κ3) is 6.10. The molecule has 0 spiro atoms. The fourth-order valence-electron chi connectivity index (χ4n) is 9.45. The van der Waals surface area contributed by atoms with Crippen LogP contribution in [-0.2, 0) is 16.2 Å². The number of furan rings is 1. The largest absolute Gasteiger partial charge is 0.456 e. The predicted molar refractivity (Wildman–Crippen MR) is 254 cm³/mol. The van der Waals surface area contributed by atoms with Crippen molar-refractivity contribution in [3.05, 3.63) is 162 Å². The van der Waals surface area contributed by atoms with Gasteiger partial charge < -0.3 is 14.2 Å². The predicted octanol–water partition coefficient (Wildman–Crippen LogP) is 13.5. The molecule has 59 heavy (non-hydrogen) atoms. The Labute approximate surface area is 350 Å². The van der Waals surface area contributed by atoms with Crippen LogP contribution in [0, 0.1) is 6.92 Å². The Balaban J connectivity index is 1.19. The summed E-state index contributed by atoms with van der Waals surface area (Å²) in [5.41, 5.74) is 20.8. The average molecular weight is 769 g/mol. The zero-order valence-electron chi connectivity index (χ0n) is 36.2. The molecule has 0 saturated heterocycles. The van der Waals surface area contributed by atoms with Crippen molar-refractivity contribution in [1.82, 2.24) is 0 Å². The number of hydrogen-bond acceptors (Lipinski definition) is 3. The van der Waals surface area contributed by atoms with Crippen molar-refractivity contribution >= 4 is 79.2 Å². The topological polar surface area (TPSA) is 19.6 Å². The lowest BCUT2D eigenvalue weighted by molar-refractivity contribution is 0.590. The van der Waals surface area contributed by atoms with E-state index in [1.165, 1.54) is 67.1 Å². The van der Waals surface area contributed by atoms with E-state index in [2.05, 4.69) is 206 Å². The fourth-order valence-corrected chi connectivity index (χ4v) is 9.45. The highest BCUT2D eigenvalue weighted by Crippen LogP contribution is 2.46. The molecule has 2 aliphatic rings. The fraction of sp³-hybridized carbons (Fsp3) is 0.236. The van der Waals surface area contributed by atoms with Gasteiger partial charge >= 0.3 is 0 Å². The number of rotatable bonds is 3. The zero-order valence-corrected chi connectivity index (χ0v) is 36.2. The standard InChI is InChI=1S/C55H53BN2O/c1-34-29-48-52-49(30-34)58(41-24-18-37(19-25-41)53(2,3)4)47-28-21-39(55(8,9)10)33-45(47)56(52)44-32-38(54(5,6)7)20-27-46(44)57(48)40-22-15-35(16-23-40)36-17-26-43-42-13-11-12-14-50(42)59-51(43)31-36/h11-33H,1-10H3. The number of benzene rings is 7. The van der Waals surface area contributed by atoms with Gasteiger partial charge in [0.1, 0.15) is 11.2 Å². The normalized spacial score (nSPS) is 13.8. The van der Waals surface area contributed by atoms with Crippen molar-refractivity contribution in [3.63, 3.8) is 0 Å². The molecule has 0 amide bonds. The Morgan fingerprint density at radius 3 is 1.44 bits per heavy atom. The van der Waals surface area contributed by atoms with Gasteiger partial charge in [0.25, 0.3) is 6.71 Å². The minimum atomic E-state index is -0.00950. The number of fused-ring (bicyclic) bond motifs is 7. The average Bonchev–Trinajstić information content (AvgIpc) is 3.57. The Hall–Kier alpha value is -6.00. The molecule has 292 valence electrons. The molecule has 0 bridgehead atoms. The van der Waals surface area contributed by atoms with Gasteiger partial charge in [-0.2, -0.15) is 0 Å². The minimum Gasteiger partial charge on any atom is -0.456 e. The van der Waals surface area contributed by atoms with Gasteiger partial charge in [0.15, 0.2) is 0 Å². The first-order valence-corrected chi connectivity index (χ1v) is 21.2. The van der Waals surface area contributed by atoms with E-state index < -0.39 is 0 Å². The van der Waals surface area contributed by atoms with Crippen LogP contribution in [0.4, 0.5) is 34.1 Å². The minimum absolute atomic E-state index is 0.00191. The van der Waals surface area contributed by atoms with Gasteiger partial charge in [0, 0.05) is 44.9 Å². The van der Waals surface area contributed by atoms with Crippen LogP contribution in [0.3, 0.4) is 0 Å². The maximum Gasteiger partial charge on any atom is 0.252 e. The molecule has 0 aliphatic carbocycles. The van der Waals surface area contributed by atoms with Crippen LogP contribution in [0.5, 0.6) is 0 Å². The summed E-state index contributed by atoms with van der Waals surface area (Å²) in [6.45, 7) is 23.2. The highest BCUT2D eigenvalue weighted by Gasteiger charge is 2.44. The molecule has 0 unspecified atom stereocenters. The summed E-state index contributed by atoms with van der Waals surface area (Å²) >= 11 is 0. The molecule has 2 aliphatic heterocycles. The van der Waals surface area contributed by atoms with Crippen LogP contribution in [0.25, 0.3) is 33.1 Å². The molecule has 0 fully saturated rings. The number of aryl methyl sites for hydroxylation is 1. The smallest absolute Gasteiger partial charge is 0.252 e. The van der Waals surface area contributed by atoms with Gasteiger partial charge in [-0.25, -0.2) is 0 Å². The summed E-state index contributed by atoms with van der Waals surface area (Å²) in [7, 11) is 0. The van der Waals surface area contributed by atoms with E-state index in [0.29, 0.717) is 0 Å². The first-order valence-electron chi connectivity index (χ1n) is 21.2. The Morgan fingerprint density at radius 2 is 0.898 bits per heavy atom. The summed E-state index contributed by atoms with van der Waals surface area (Å²) in [5, 5.41) is 2.30. The molecule has 3 nitrogen and oxygen atoms in total. The van der Waals surface area contributed by atoms with Crippen molar-refractivity contribution in [2.45, 2.75) is 85.5 Å². The first-order chi connectivity index (χ1) is 28.0. The van der Waals surface area contributed by atoms with Crippen molar-refractivity contribution < 1.29 is 4.42 Å². The molecule has 4 heteroatoms. The van der Waals surface area contributed by atoms with Gasteiger partial charge in [-0.1, -0.05) is 135 Å². The second-order valence-electron chi connectivity index (χ2n) is 20.0. The highest BCUT2D eigenvalue weighted by atomic mass is 16.3. The maximum atomic E-state index is 6.29. The van der Waals surface area contributed by atoms with Gasteiger partial charge in [0.05, 0.1) is 0 Å². The monoisotopic (exact) mass is 768 g/mol. The highest BCUT2D eigenvalue weighted by molar-refractivity contribution is 7.00. The molecular weight excluding hydrogens is 715 g/mol. The number of para-hydroxylation sites is 1. The molecule has 8 aromatic rings. The summed E-state index contributed by atoms with van der Waals surface area (Å²) in [4.78, 5) is 5.06. The number of anilines is 6. The molecule has 0 radical (unpaired) electrons. The van der Waals surface area contributed by atoms with E-state index in [-0.39, 0.29) is 23.0 Å². The van der Waals surface area contributed by atoms with Crippen molar-refractivity contribution in [2.24, 2.45) is 0 Å². The van der Waals surface area contributed by atoms with Crippen LogP contribution in [0.1, 0.15) is 84.6 Å². The van der Waals surface area contributed by atoms with Gasteiger partial charge in [-0.3, -0.25) is 0 Å². The van der Waals surface area contributed by atoms with Gasteiger partial charge in [0.2, 0.25) is 0 Å². The summed E-state index contributed by atoms with van der Waals surface area (Å²) in [6.07, 6.45) is 0. The second-order valence-corrected chi connectivity index (χ2v) is 20.0. The summed E-state index contributed by atoms with van der Waals surface area (Å²) in [6, 6.07) is 52.6. The Kier molecular flexibility index (Phi) is 8.22. The van der Waals surface area contributed by atoms with Crippen molar-refractivity contribution in [1.29, 1.82) is 0 Å². The molecule has 0 saturated carbocycles. The lowest BCUT2D eigenvalue weighted by Gasteiger charge is -2.45. The molecule has 1 aromatic heterocycles. The van der Waals surface area contributed by atoms with E-state index >= 15 is 0 Å². The third-order valence-corrected chi connectivity index (χ3v) is 12.8. The summed E-state index contributed by atoms with van der Waals surface area (Å²) < 4.78 is 6.29. The Morgan fingerprint density at radius 1 is 0.424 bits per heavy atom. The molecular formula is C55H53BN2O. The van der Waals surface area contributed by atoms with E-state index in [0.717, 1.165) is 38.8 Å². The summed E-state index contributed by atoms with van der Waals surface area (Å²) in [5.74, 6) is 0.